The molecule has 1 rings (SSSR count). The van der Waals surface area contributed by atoms with Crippen LogP contribution in [0.3, 0.4) is 0 Å². The van der Waals surface area contributed by atoms with Crippen LogP contribution in [0.4, 0.5) is 0 Å². The normalized spacial score (nSPS) is 9.75. The zero-order valence-electron chi connectivity index (χ0n) is 8.06. The van der Waals surface area contributed by atoms with Crippen LogP contribution in [-0.2, 0) is 0 Å². The molecule has 0 aliphatic carbocycles. The predicted molar refractivity (Wildman–Crippen MR) is 53.7 cm³/mol. The van der Waals surface area contributed by atoms with E-state index in [0.29, 0.717) is 0 Å². The van der Waals surface area contributed by atoms with Crippen LogP contribution in [0.5, 0.6) is 5.75 Å². The van der Waals surface area contributed by atoms with Gasteiger partial charge in [0.15, 0.2) is 0 Å². The molecule has 0 aliphatic rings. The van der Waals surface area contributed by atoms with Gasteiger partial charge in [0.25, 0.3) is 5.91 Å². The molecule has 0 saturated heterocycles. The molecule has 84 valence electrons. The number of aromatic hydroxyl groups is 1. The Morgan fingerprint density at radius 1 is 0.875 bits per heavy atom. The molecule has 0 fully saturated rings. The Bertz CT molecular complexity index is 496. The highest BCUT2D eigenvalue weighted by atomic mass is 16.3. The molecule has 7 heteroatoms. The van der Waals surface area contributed by atoms with Crippen molar-refractivity contribution in [3.63, 3.8) is 0 Å². The van der Waals surface area contributed by atoms with Crippen molar-refractivity contribution in [1.29, 1.82) is 0 Å². The largest absolute Gasteiger partial charge is 0.507 e. The van der Waals surface area contributed by atoms with E-state index in [4.69, 9.17) is 17.2 Å². The number of rotatable bonds is 3. The molecule has 1 aromatic rings. The molecule has 1 aromatic carbocycles. The van der Waals surface area contributed by atoms with Gasteiger partial charge in [-0.2, -0.15) is 0 Å². The first-order chi connectivity index (χ1) is 7.36. The third kappa shape index (κ3) is 1.78. The second-order valence-electron chi connectivity index (χ2n) is 2.98. The van der Waals surface area contributed by atoms with E-state index < -0.39 is 34.6 Å². The number of hydrogen-bond donors (Lipinski definition) is 4. The van der Waals surface area contributed by atoms with E-state index in [1.165, 1.54) is 0 Å². The van der Waals surface area contributed by atoms with Gasteiger partial charge in [-0.3, -0.25) is 14.4 Å². The summed E-state index contributed by atoms with van der Waals surface area (Å²) in [6, 6.07) is 2.12. The van der Waals surface area contributed by atoms with Gasteiger partial charge in [0.1, 0.15) is 5.75 Å². The van der Waals surface area contributed by atoms with Crippen LogP contribution < -0.4 is 17.2 Å². The van der Waals surface area contributed by atoms with Crippen molar-refractivity contribution >= 4 is 17.7 Å². The van der Waals surface area contributed by atoms with Crippen LogP contribution >= 0.6 is 0 Å². The summed E-state index contributed by atoms with van der Waals surface area (Å²) in [6.07, 6.45) is 0. The lowest BCUT2D eigenvalue weighted by molar-refractivity contribution is 0.0952. The van der Waals surface area contributed by atoms with Crippen molar-refractivity contribution in [2.24, 2.45) is 17.2 Å². The minimum absolute atomic E-state index is 0.265. The highest BCUT2D eigenvalue weighted by Crippen LogP contribution is 2.23. The van der Waals surface area contributed by atoms with Crippen molar-refractivity contribution in [3.05, 3.63) is 28.8 Å². The first kappa shape index (κ1) is 11.5. The second kappa shape index (κ2) is 3.89. The molecule has 0 unspecified atom stereocenters. The molecule has 0 heterocycles. The van der Waals surface area contributed by atoms with E-state index in [2.05, 4.69) is 0 Å². The van der Waals surface area contributed by atoms with Crippen LogP contribution in [0.15, 0.2) is 12.1 Å². The lowest BCUT2D eigenvalue weighted by Crippen LogP contribution is -2.26. The van der Waals surface area contributed by atoms with E-state index in [1.54, 1.807) is 0 Å². The van der Waals surface area contributed by atoms with Gasteiger partial charge in [-0.25, -0.2) is 0 Å². The summed E-state index contributed by atoms with van der Waals surface area (Å²) in [5.74, 6) is -3.63. The maximum Gasteiger partial charge on any atom is 0.253 e. The molecule has 0 spiro atoms. The van der Waals surface area contributed by atoms with Crippen LogP contribution in [0.1, 0.15) is 31.1 Å². The minimum Gasteiger partial charge on any atom is -0.507 e. The number of amides is 3. The fourth-order valence-electron chi connectivity index (χ4n) is 1.30. The number of nitrogens with two attached hydrogens (primary N) is 3. The number of phenols is 1. The quantitative estimate of drug-likeness (QED) is 0.503. The fourth-order valence-corrected chi connectivity index (χ4v) is 1.30. The SMILES string of the molecule is NC(=O)c1ccc(O)c(C(N)=O)c1C(N)=O. The van der Waals surface area contributed by atoms with E-state index >= 15 is 0 Å². The van der Waals surface area contributed by atoms with Gasteiger partial charge >= 0.3 is 0 Å². The Labute approximate surface area is 89.8 Å². The summed E-state index contributed by atoms with van der Waals surface area (Å²) >= 11 is 0. The highest BCUT2D eigenvalue weighted by molar-refractivity contribution is 6.14. The van der Waals surface area contributed by atoms with Crippen molar-refractivity contribution in [2.45, 2.75) is 0 Å². The Morgan fingerprint density at radius 2 is 1.38 bits per heavy atom. The molecule has 0 aromatic heterocycles. The van der Waals surface area contributed by atoms with E-state index in [1.807, 2.05) is 0 Å². The van der Waals surface area contributed by atoms with Gasteiger partial charge in [0.2, 0.25) is 11.8 Å². The van der Waals surface area contributed by atoms with E-state index in [0.717, 1.165) is 12.1 Å². The molecule has 16 heavy (non-hydrogen) atoms. The van der Waals surface area contributed by atoms with E-state index in [9.17, 15) is 19.5 Å². The molecule has 0 bridgehead atoms. The predicted octanol–water partition coefficient (Wildman–Crippen LogP) is -1.31. The first-order valence-electron chi connectivity index (χ1n) is 4.11. The van der Waals surface area contributed by atoms with E-state index in [-0.39, 0.29) is 5.56 Å². The maximum atomic E-state index is 11.1. The summed E-state index contributed by atoms with van der Waals surface area (Å²) in [5, 5.41) is 9.36. The average Bonchev–Trinajstić information content (AvgIpc) is 2.15. The molecule has 3 amide bonds. The summed E-state index contributed by atoms with van der Waals surface area (Å²) < 4.78 is 0. The smallest absolute Gasteiger partial charge is 0.253 e. The summed E-state index contributed by atoms with van der Waals surface area (Å²) in [7, 11) is 0. The number of carbonyl (C=O) groups excluding carboxylic acids is 3. The summed E-state index contributed by atoms with van der Waals surface area (Å²) in [4.78, 5) is 33.1. The maximum absolute atomic E-state index is 11.1. The highest BCUT2D eigenvalue weighted by Gasteiger charge is 2.23. The average molecular weight is 223 g/mol. The number of carbonyl (C=O) groups is 3. The van der Waals surface area contributed by atoms with Crippen molar-refractivity contribution in [3.8, 4) is 5.75 Å². The lowest BCUT2D eigenvalue weighted by Gasteiger charge is -2.09. The minimum atomic E-state index is -1.07. The van der Waals surface area contributed by atoms with Crippen LogP contribution in [-0.4, -0.2) is 22.8 Å². The third-order valence-electron chi connectivity index (χ3n) is 1.94. The topological polar surface area (TPSA) is 150 Å². The van der Waals surface area contributed by atoms with Gasteiger partial charge in [-0.1, -0.05) is 0 Å². The lowest BCUT2D eigenvalue weighted by atomic mass is 9.98. The standard InChI is InChI=1S/C9H9N3O4/c10-7(14)3-1-2-4(13)6(9(12)16)5(3)8(11)15/h1-2,13H,(H2,10,14)(H2,11,15)(H2,12,16). The van der Waals surface area contributed by atoms with Gasteiger partial charge in [0.05, 0.1) is 16.7 Å². The van der Waals surface area contributed by atoms with Crippen molar-refractivity contribution in [2.75, 3.05) is 0 Å². The number of hydrogen-bond acceptors (Lipinski definition) is 4. The molecule has 0 radical (unpaired) electrons. The number of primary amides is 3. The van der Waals surface area contributed by atoms with Crippen molar-refractivity contribution < 1.29 is 19.5 Å². The fraction of sp³-hybridized carbons (Fsp3) is 0. The summed E-state index contributed by atoms with van der Waals surface area (Å²) in [5.41, 5.74) is 13.7. The van der Waals surface area contributed by atoms with Gasteiger partial charge in [-0.05, 0) is 12.1 Å². The zero-order chi connectivity index (χ0) is 12.5. The third-order valence-corrected chi connectivity index (χ3v) is 1.94. The molecular formula is C9H9N3O4. The molecule has 0 aliphatic heterocycles. The number of benzene rings is 1. The molecule has 0 atom stereocenters. The monoisotopic (exact) mass is 223 g/mol. The molecular weight excluding hydrogens is 214 g/mol. The van der Waals surface area contributed by atoms with Gasteiger partial charge in [-0.15, -0.1) is 0 Å². The van der Waals surface area contributed by atoms with Gasteiger partial charge in [0, 0.05) is 0 Å². The second-order valence-corrected chi connectivity index (χ2v) is 2.98. The Morgan fingerprint density at radius 3 is 1.75 bits per heavy atom. The summed E-state index contributed by atoms with van der Waals surface area (Å²) in [6.45, 7) is 0. The first-order valence-corrected chi connectivity index (χ1v) is 4.11. The van der Waals surface area contributed by atoms with Crippen LogP contribution in [0, 0.1) is 0 Å². The molecule has 7 nitrogen and oxygen atoms in total. The zero-order valence-corrected chi connectivity index (χ0v) is 8.06. The van der Waals surface area contributed by atoms with Gasteiger partial charge < -0.3 is 22.3 Å². The Kier molecular flexibility index (Phi) is 2.80. The van der Waals surface area contributed by atoms with Crippen LogP contribution in [0.2, 0.25) is 0 Å². The van der Waals surface area contributed by atoms with Crippen molar-refractivity contribution in [1.82, 2.24) is 0 Å². The Balaban J connectivity index is 3.70. The van der Waals surface area contributed by atoms with Crippen LogP contribution in [0.25, 0.3) is 0 Å². The Hall–Kier alpha value is -2.57. The molecule has 0 saturated carbocycles. The molecule has 7 N–H and O–H groups in total.